The fraction of sp³-hybridized carbons (Fsp3) is 0.455. The van der Waals surface area contributed by atoms with Gasteiger partial charge in [0.25, 0.3) is 5.69 Å². The highest BCUT2D eigenvalue weighted by Gasteiger charge is 2.20. The number of nitrogens with zero attached hydrogens (tertiary/aromatic N) is 1. The number of aliphatic hydroxyl groups is 1. The third-order valence-corrected chi connectivity index (χ3v) is 2.43. The quantitative estimate of drug-likeness (QED) is 0.320. The first-order valence-electron chi connectivity index (χ1n) is 5.48. The summed E-state index contributed by atoms with van der Waals surface area (Å²) in [7, 11) is 0. The van der Waals surface area contributed by atoms with Crippen LogP contribution in [-0.4, -0.2) is 34.9 Å². The molecule has 0 amide bonds. The Morgan fingerprint density at radius 3 is 2.63 bits per heavy atom. The number of nitro groups is 1. The summed E-state index contributed by atoms with van der Waals surface area (Å²) < 4.78 is 5.12. The number of rotatable bonds is 7. The van der Waals surface area contributed by atoms with Crippen molar-refractivity contribution in [2.45, 2.75) is 13.0 Å². The topological polar surface area (TPSA) is 154 Å². The molecule has 8 heteroatoms. The van der Waals surface area contributed by atoms with Crippen LogP contribution in [0.25, 0.3) is 0 Å². The van der Waals surface area contributed by atoms with E-state index >= 15 is 0 Å². The zero-order chi connectivity index (χ0) is 13.5. The summed E-state index contributed by atoms with van der Waals surface area (Å²) in [4.78, 5) is 10.3. The SMILES string of the molecule is N.NCCOCc1c([N+](=O)[O-])ccc(CCO)c1O. The maximum absolute atomic E-state index is 10.8. The van der Waals surface area contributed by atoms with Gasteiger partial charge in [0.2, 0.25) is 0 Å². The van der Waals surface area contributed by atoms with Gasteiger partial charge in [0, 0.05) is 19.2 Å². The first-order valence-corrected chi connectivity index (χ1v) is 5.48. The number of hydrogen-bond donors (Lipinski definition) is 4. The number of hydrogen-bond acceptors (Lipinski definition) is 7. The van der Waals surface area contributed by atoms with Crippen molar-refractivity contribution in [2.75, 3.05) is 19.8 Å². The molecule has 0 saturated carbocycles. The predicted octanol–water partition coefficient (Wildman–Crippen LogP) is 0.472. The molecule has 1 aromatic carbocycles. The van der Waals surface area contributed by atoms with Gasteiger partial charge in [0.1, 0.15) is 5.75 Å². The fourth-order valence-electron chi connectivity index (χ4n) is 1.57. The molecule has 0 unspecified atom stereocenters. The Labute approximate surface area is 110 Å². The summed E-state index contributed by atoms with van der Waals surface area (Å²) in [6, 6.07) is 2.72. The van der Waals surface area contributed by atoms with Gasteiger partial charge in [-0.1, -0.05) is 0 Å². The van der Waals surface area contributed by atoms with Gasteiger partial charge in [-0.2, -0.15) is 0 Å². The summed E-state index contributed by atoms with van der Waals surface area (Å²) in [5.74, 6) is -0.199. The Bertz CT molecular complexity index is 425. The average Bonchev–Trinajstić information content (AvgIpc) is 2.33. The molecule has 0 fully saturated rings. The lowest BCUT2D eigenvalue weighted by Crippen LogP contribution is -2.09. The van der Waals surface area contributed by atoms with E-state index in [-0.39, 0.29) is 49.4 Å². The number of nitro benzene ring substituents is 1. The smallest absolute Gasteiger partial charge is 0.278 e. The predicted molar refractivity (Wildman–Crippen MR) is 69.3 cm³/mol. The van der Waals surface area contributed by atoms with Gasteiger partial charge in [-0.05, 0) is 18.1 Å². The number of ether oxygens (including phenoxy) is 1. The molecule has 108 valence electrons. The van der Waals surface area contributed by atoms with Crippen molar-refractivity contribution >= 4 is 5.69 Å². The van der Waals surface area contributed by atoms with E-state index in [0.717, 1.165) is 0 Å². The molecule has 0 aliphatic heterocycles. The summed E-state index contributed by atoms with van der Waals surface area (Å²) in [5, 5.41) is 29.6. The van der Waals surface area contributed by atoms with E-state index in [9.17, 15) is 15.2 Å². The summed E-state index contributed by atoms with van der Waals surface area (Å²) in [5.41, 5.74) is 5.61. The van der Waals surface area contributed by atoms with Crippen LogP contribution in [0.5, 0.6) is 5.75 Å². The van der Waals surface area contributed by atoms with Crippen molar-refractivity contribution in [2.24, 2.45) is 5.73 Å². The summed E-state index contributed by atoms with van der Waals surface area (Å²) >= 11 is 0. The lowest BCUT2D eigenvalue weighted by Gasteiger charge is -2.10. The van der Waals surface area contributed by atoms with Crippen molar-refractivity contribution in [1.29, 1.82) is 0 Å². The molecule has 0 aromatic heterocycles. The molecule has 1 rings (SSSR count). The molecular formula is C11H19N3O5. The highest BCUT2D eigenvalue weighted by atomic mass is 16.6. The molecular weight excluding hydrogens is 254 g/mol. The highest BCUT2D eigenvalue weighted by Crippen LogP contribution is 2.32. The lowest BCUT2D eigenvalue weighted by atomic mass is 10.0. The first kappa shape index (κ1) is 17.3. The van der Waals surface area contributed by atoms with E-state index in [4.69, 9.17) is 15.6 Å². The van der Waals surface area contributed by atoms with Crippen LogP contribution in [0.1, 0.15) is 11.1 Å². The van der Waals surface area contributed by atoms with Crippen molar-refractivity contribution in [3.63, 3.8) is 0 Å². The number of aromatic hydroxyl groups is 1. The number of aliphatic hydroxyl groups excluding tert-OH is 1. The minimum atomic E-state index is -0.580. The summed E-state index contributed by atoms with van der Waals surface area (Å²) in [6.45, 7) is 0.318. The van der Waals surface area contributed by atoms with E-state index in [1.807, 2.05) is 0 Å². The van der Waals surface area contributed by atoms with E-state index in [1.54, 1.807) is 0 Å². The Hall–Kier alpha value is -1.74. The zero-order valence-electron chi connectivity index (χ0n) is 10.5. The standard InChI is InChI=1S/C11H16N2O5.H3N/c12-4-6-18-7-9-10(13(16)17)2-1-8(3-5-14)11(9)15;/h1-2,14-15H,3-7,12H2;1H3. The molecule has 0 bridgehead atoms. The van der Waals surface area contributed by atoms with Crippen LogP contribution in [0.2, 0.25) is 0 Å². The molecule has 0 saturated heterocycles. The van der Waals surface area contributed by atoms with Crippen LogP contribution in [0.4, 0.5) is 5.69 Å². The number of phenolic OH excluding ortho intramolecular Hbond substituents is 1. The number of nitrogens with two attached hydrogens (primary N) is 1. The van der Waals surface area contributed by atoms with Gasteiger partial charge < -0.3 is 26.8 Å². The van der Waals surface area contributed by atoms with Crippen LogP contribution in [0, 0.1) is 10.1 Å². The molecule has 0 spiro atoms. The van der Waals surface area contributed by atoms with Gasteiger partial charge in [-0.15, -0.1) is 0 Å². The molecule has 0 aliphatic rings. The minimum absolute atomic E-state index is 0. The third kappa shape index (κ3) is 4.45. The molecule has 8 nitrogen and oxygen atoms in total. The van der Waals surface area contributed by atoms with E-state index in [0.29, 0.717) is 12.1 Å². The van der Waals surface area contributed by atoms with Crippen molar-refractivity contribution in [3.8, 4) is 5.75 Å². The second-order valence-corrected chi connectivity index (χ2v) is 3.64. The zero-order valence-corrected chi connectivity index (χ0v) is 10.5. The Morgan fingerprint density at radius 1 is 1.42 bits per heavy atom. The normalized spacial score (nSPS) is 10.0. The maximum Gasteiger partial charge on any atom is 0.278 e. The van der Waals surface area contributed by atoms with Gasteiger partial charge in [0.15, 0.2) is 0 Å². The molecule has 0 aliphatic carbocycles. The van der Waals surface area contributed by atoms with Crippen molar-refractivity contribution in [1.82, 2.24) is 6.15 Å². The summed E-state index contributed by atoms with van der Waals surface area (Å²) in [6.07, 6.45) is 0.230. The first-order chi connectivity index (χ1) is 8.61. The van der Waals surface area contributed by atoms with Crippen molar-refractivity contribution < 1.29 is 19.9 Å². The maximum atomic E-state index is 10.8. The molecule has 19 heavy (non-hydrogen) atoms. The lowest BCUT2D eigenvalue weighted by molar-refractivity contribution is -0.386. The molecule has 1 aromatic rings. The Kier molecular flexibility index (Phi) is 7.61. The van der Waals surface area contributed by atoms with Gasteiger partial charge in [-0.3, -0.25) is 10.1 Å². The van der Waals surface area contributed by atoms with Gasteiger partial charge in [0.05, 0.1) is 23.7 Å². The Morgan fingerprint density at radius 2 is 2.11 bits per heavy atom. The van der Waals surface area contributed by atoms with Crippen LogP contribution < -0.4 is 11.9 Å². The molecule has 0 heterocycles. The van der Waals surface area contributed by atoms with E-state index in [2.05, 4.69) is 0 Å². The molecule has 7 N–H and O–H groups in total. The minimum Gasteiger partial charge on any atom is -0.507 e. The van der Waals surface area contributed by atoms with E-state index < -0.39 is 4.92 Å². The van der Waals surface area contributed by atoms with Gasteiger partial charge >= 0.3 is 0 Å². The van der Waals surface area contributed by atoms with Crippen molar-refractivity contribution in [3.05, 3.63) is 33.4 Å². The molecule has 0 radical (unpaired) electrons. The van der Waals surface area contributed by atoms with Crippen LogP contribution in [0.3, 0.4) is 0 Å². The van der Waals surface area contributed by atoms with Crippen LogP contribution >= 0.6 is 0 Å². The number of benzene rings is 1. The fourth-order valence-corrected chi connectivity index (χ4v) is 1.57. The largest absolute Gasteiger partial charge is 0.507 e. The second-order valence-electron chi connectivity index (χ2n) is 3.64. The van der Waals surface area contributed by atoms with E-state index in [1.165, 1.54) is 12.1 Å². The Balaban J connectivity index is 0.00000324. The second kappa shape index (κ2) is 8.38. The highest BCUT2D eigenvalue weighted by molar-refractivity contribution is 5.53. The van der Waals surface area contributed by atoms with Crippen LogP contribution in [-0.2, 0) is 17.8 Å². The molecule has 0 atom stereocenters. The van der Waals surface area contributed by atoms with Gasteiger partial charge in [-0.25, -0.2) is 0 Å². The van der Waals surface area contributed by atoms with Crippen LogP contribution in [0.15, 0.2) is 12.1 Å². The average molecular weight is 273 g/mol. The monoisotopic (exact) mass is 273 g/mol. The number of phenols is 1. The third-order valence-electron chi connectivity index (χ3n) is 2.43.